The van der Waals surface area contributed by atoms with E-state index in [1.165, 1.54) is 18.5 Å². The average Bonchev–Trinajstić information content (AvgIpc) is 3.60. The van der Waals surface area contributed by atoms with Crippen LogP contribution >= 0.6 is 0 Å². The highest BCUT2D eigenvalue weighted by atomic mass is 16.5. The van der Waals surface area contributed by atoms with Crippen molar-refractivity contribution in [2.45, 2.75) is 31.7 Å². The number of nitrogens with one attached hydrogen (secondary N) is 5. The van der Waals surface area contributed by atoms with E-state index in [9.17, 15) is 0 Å². The monoisotopic (exact) mass is 444 g/mol. The average molecular weight is 445 g/mol. The van der Waals surface area contributed by atoms with E-state index >= 15 is 0 Å². The summed E-state index contributed by atoms with van der Waals surface area (Å²) in [6, 6.07) is 11.6. The number of nitrogens with zero attached hydrogens (tertiary/aromatic N) is 3. The molecule has 9 nitrogen and oxygen atoms in total. The van der Waals surface area contributed by atoms with Crippen molar-refractivity contribution in [2.75, 3.05) is 30.8 Å². The van der Waals surface area contributed by atoms with E-state index in [1.807, 2.05) is 30.3 Å². The van der Waals surface area contributed by atoms with Crippen LogP contribution in [0.4, 0.5) is 17.6 Å². The third kappa shape index (κ3) is 5.04. The number of benzene rings is 1. The van der Waals surface area contributed by atoms with Gasteiger partial charge in [0.1, 0.15) is 11.6 Å². The minimum Gasteiger partial charge on any atom is -0.499 e. The van der Waals surface area contributed by atoms with Gasteiger partial charge in [-0.2, -0.15) is 10.1 Å². The lowest BCUT2D eigenvalue weighted by Gasteiger charge is -2.20. The molecule has 1 aromatic carbocycles. The SMILES string of the molecule is CO/C(=C\C(=N)c1ccccc1)CNc1nc2c(c(Nc3cc(C4CC4)[nH]n3)n1)CCNC2. The predicted octanol–water partition coefficient (Wildman–Crippen LogP) is 3.48. The molecule has 0 spiro atoms. The zero-order valence-electron chi connectivity index (χ0n) is 18.6. The van der Waals surface area contributed by atoms with Crippen LogP contribution in [0, 0.1) is 5.41 Å². The van der Waals surface area contributed by atoms with Gasteiger partial charge in [-0.05, 0) is 31.4 Å². The highest BCUT2D eigenvalue weighted by Gasteiger charge is 2.26. The second-order valence-electron chi connectivity index (χ2n) is 8.30. The van der Waals surface area contributed by atoms with Gasteiger partial charge in [0.15, 0.2) is 5.82 Å². The molecular weight excluding hydrogens is 416 g/mol. The number of fused-ring (bicyclic) bond motifs is 1. The lowest BCUT2D eigenvalue weighted by molar-refractivity contribution is 0.290. The quantitative estimate of drug-likeness (QED) is 0.253. The Kier molecular flexibility index (Phi) is 6.03. The van der Waals surface area contributed by atoms with Crippen molar-refractivity contribution in [1.82, 2.24) is 25.5 Å². The minimum atomic E-state index is 0.367. The fraction of sp³-hybridized carbons (Fsp3) is 0.333. The smallest absolute Gasteiger partial charge is 0.225 e. The Bertz CT molecular complexity index is 1170. The number of methoxy groups -OCH3 is 1. The third-order valence-corrected chi connectivity index (χ3v) is 5.87. The molecule has 1 aliphatic carbocycles. The van der Waals surface area contributed by atoms with Gasteiger partial charge < -0.3 is 26.1 Å². The van der Waals surface area contributed by atoms with Crippen molar-refractivity contribution in [3.63, 3.8) is 0 Å². The molecule has 1 fully saturated rings. The maximum atomic E-state index is 8.32. The second-order valence-corrected chi connectivity index (χ2v) is 8.30. The van der Waals surface area contributed by atoms with Crippen molar-refractivity contribution in [1.29, 1.82) is 5.41 Å². The first-order chi connectivity index (χ1) is 16.2. The van der Waals surface area contributed by atoms with Gasteiger partial charge in [0, 0.05) is 35.9 Å². The zero-order chi connectivity index (χ0) is 22.6. The van der Waals surface area contributed by atoms with Crippen molar-refractivity contribution in [3.05, 3.63) is 70.7 Å². The van der Waals surface area contributed by atoms with Crippen LogP contribution in [0.15, 0.2) is 48.2 Å². The van der Waals surface area contributed by atoms with E-state index in [2.05, 4.69) is 32.2 Å². The Morgan fingerprint density at radius 2 is 2.09 bits per heavy atom. The first-order valence-electron chi connectivity index (χ1n) is 11.2. The summed E-state index contributed by atoms with van der Waals surface area (Å²) in [7, 11) is 1.60. The van der Waals surface area contributed by atoms with E-state index < -0.39 is 0 Å². The Hall–Kier alpha value is -3.72. The zero-order valence-corrected chi connectivity index (χ0v) is 18.6. The molecule has 5 N–H and O–H groups in total. The summed E-state index contributed by atoms with van der Waals surface area (Å²) in [6.45, 7) is 1.95. The maximum absolute atomic E-state index is 8.32. The number of allylic oxidation sites excluding steroid dienone is 1. The summed E-state index contributed by atoms with van der Waals surface area (Å²) >= 11 is 0. The van der Waals surface area contributed by atoms with E-state index in [4.69, 9.17) is 20.1 Å². The van der Waals surface area contributed by atoms with Gasteiger partial charge in [0.25, 0.3) is 0 Å². The Morgan fingerprint density at radius 3 is 2.88 bits per heavy atom. The van der Waals surface area contributed by atoms with Crippen molar-refractivity contribution >= 4 is 23.3 Å². The van der Waals surface area contributed by atoms with Gasteiger partial charge in [0.2, 0.25) is 5.95 Å². The highest BCUT2D eigenvalue weighted by molar-refractivity contribution is 6.06. The van der Waals surface area contributed by atoms with Crippen LogP contribution in [0.2, 0.25) is 0 Å². The van der Waals surface area contributed by atoms with E-state index in [0.717, 1.165) is 41.4 Å². The van der Waals surface area contributed by atoms with Gasteiger partial charge in [-0.15, -0.1) is 0 Å². The highest BCUT2D eigenvalue weighted by Crippen LogP contribution is 2.39. The topological polar surface area (TPSA) is 124 Å². The number of H-pyrrole nitrogens is 1. The second kappa shape index (κ2) is 9.41. The molecule has 0 unspecified atom stereocenters. The molecule has 3 heterocycles. The van der Waals surface area contributed by atoms with Gasteiger partial charge in [-0.1, -0.05) is 30.3 Å². The molecule has 2 aliphatic rings. The maximum Gasteiger partial charge on any atom is 0.225 e. The molecule has 0 saturated heterocycles. The number of hydrogen-bond donors (Lipinski definition) is 5. The Balaban J connectivity index is 1.33. The van der Waals surface area contributed by atoms with Crippen LogP contribution in [0.1, 0.15) is 41.3 Å². The molecule has 0 atom stereocenters. The molecule has 0 amide bonds. The normalized spacial score (nSPS) is 15.6. The molecule has 170 valence electrons. The van der Waals surface area contributed by atoms with Crippen molar-refractivity contribution in [2.24, 2.45) is 0 Å². The molecular formula is C24H28N8O. The molecule has 1 saturated carbocycles. The van der Waals surface area contributed by atoms with E-state index in [1.54, 1.807) is 13.2 Å². The fourth-order valence-corrected chi connectivity index (χ4v) is 3.88. The number of aromatic nitrogens is 4. The number of anilines is 3. The molecule has 1 aliphatic heterocycles. The molecule has 0 radical (unpaired) electrons. The molecule has 5 rings (SSSR count). The Morgan fingerprint density at radius 1 is 1.24 bits per heavy atom. The molecule has 0 bridgehead atoms. The lowest BCUT2D eigenvalue weighted by atomic mass is 10.1. The van der Waals surface area contributed by atoms with Crippen LogP contribution in [0.25, 0.3) is 0 Å². The summed E-state index contributed by atoms with van der Waals surface area (Å²) in [5.41, 5.74) is 4.48. The molecule has 33 heavy (non-hydrogen) atoms. The van der Waals surface area contributed by atoms with Gasteiger partial charge in [-0.25, -0.2) is 4.98 Å². The van der Waals surface area contributed by atoms with Gasteiger partial charge in [-0.3, -0.25) is 5.10 Å². The van der Waals surface area contributed by atoms with Crippen LogP contribution in [-0.4, -0.2) is 46.1 Å². The summed E-state index contributed by atoms with van der Waals surface area (Å²) in [5.74, 6) is 3.29. The van der Waals surface area contributed by atoms with Crippen molar-refractivity contribution < 1.29 is 4.74 Å². The summed E-state index contributed by atoms with van der Waals surface area (Å²) in [4.78, 5) is 9.46. The number of aromatic amines is 1. The minimum absolute atomic E-state index is 0.367. The van der Waals surface area contributed by atoms with Gasteiger partial charge >= 0.3 is 0 Å². The van der Waals surface area contributed by atoms with E-state index in [0.29, 0.717) is 36.4 Å². The number of ether oxygens (including phenoxy) is 1. The van der Waals surface area contributed by atoms with Crippen molar-refractivity contribution in [3.8, 4) is 0 Å². The predicted molar refractivity (Wildman–Crippen MR) is 128 cm³/mol. The number of rotatable bonds is 9. The lowest BCUT2D eigenvalue weighted by Crippen LogP contribution is -2.27. The third-order valence-electron chi connectivity index (χ3n) is 5.87. The van der Waals surface area contributed by atoms with Crippen LogP contribution in [-0.2, 0) is 17.7 Å². The molecule has 9 heteroatoms. The standard InChI is InChI=1S/C24H28N8O/c1-33-17(11-19(25)15-5-3-2-4-6-15)13-27-24-28-21-14-26-10-9-18(21)23(30-24)29-22-12-20(31-32-22)16-7-8-16/h2-6,11-12,16,25-26H,7-10,13-14H2,1H3,(H3,27,28,29,30,31,32)/b17-11-,25-19?. The summed E-state index contributed by atoms with van der Waals surface area (Å²) in [6.07, 6.45) is 5.02. The van der Waals surface area contributed by atoms with Crippen LogP contribution < -0.4 is 16.0 Å². The first kappa shape index (κ1) is 21.1. The Labute approximate surface area is 192 Å². The summed E-state index contributed by atoms with van der Waals surface area (Å²) in [5, 5.41) is 25.9. The van der Waals surface area contributed by atoms with Crippen LogP contribution in [0.3, 0.4) is 0 Å². The fourth-order valence-electron chi connectivity index (χ4n) is 3.88. The van der Waals surface area contributed by atoms with Crippen LogP contribution in [0.5, 0.6) is 0 Å². The summed E-state index contributed by atoms with van der Waals surface area (Å²) < 4.78 is 5.49. The van der Waals surface area contributed by atoms with E-state index in [-0.39, 0.29) is 0 Å². The van der Waals surface area contributed by atoms with Gasteiger partial charge in [0.05, 0.1) is 25.1 Å². The largest absolute Gasteiger partial charge is 0.499 e. The molecule has 3 aromatic rings. The molecule has 2 aromatic heterocycles. The number of hydrogen-bond acceptors (Lipinski definition) is 8. The first-order valence-corrected chi connectivity index (χ1v) is 11.2.